The average Bonchev–Trinajstić information content (AvgIpc) is 3.74. The summed E-state index contributed by atoms with van der Waals surface area (Å²) in [4.78, 5) is 31.8. The normalized spacial score (nSPS) is 19.5. The van der Waals surface area contributed by atoms with Crippen molar-refractivity contribution in [2.24, 2.45) is 11.0 Å². The van der Waals surface area contributed by atoms with Crippen LogP contribution in [0.2, 0.25) is 0 Å². The van der Waals surface area contributed by atoms with Gasteiger partial charge in [0, 0.05) is 50.1 Å². The highest BCUT2D eigenvalue weighted by Crippen LogP contribution is 2.37. The lowest BCUT2D eigenvalue weighted by molar-refractivity contribution is -0.144. The fraction of sp³-hybridized carbons (Fsp3) is 0.531. The standard InChI is InChI=1S/C32H42N4O6/c1-39-25-10-8-23(9-11-25)29-21-28(27-13-12-26(40-2)20-30(27)41-3)33-36(29)31(37)22-35(32(38)24-6-4-5-7-24)15-14-34-16-18-42-19-17-34/h8-13,20,24,29H,4-7,14-19,21-22H2,1-3H3/t29-/m0/s1. The summed E-state index contributed by atoms with van der Waals surface area (Å²) in [5, 5.41) is 6.43. The second-order valence-corrected chi connectivity index (χ2v) is 11.0. The van der Waals surface area contributed by atoms with Gasteiger partial charge in [0.2, 0.25) is 5.91 Å². The van der Waals surface area contributed by atoms with E-state index in [1.54, 1.807) is 31.2 Å². The molecule has 0 radical (unpaired) electrons. The van der Waals surface area contributed by atoms with Crippen molar-refractivity contribution in [1.82, 2.24) is 14.8 Å². The van der Waals surface area contributed by atoms with Gasteiger partial charge in [-0.1, -0.05) is 25.0 Å². The third-order valence-electron chi connectivity index (χ3n) is 8.52. The lowest BCUT2D eigenvalue weighted by Crippen LogP contribution is -2.47. The van der Waals surface area contributed by atoms with Crippen LogP contribution in [0.5, 0.6) is 17.2 Å². The van der Waals surface area contributed by atoms with Gasteiger partial charge in [0.15, 0.2) is 0 Å². The Morgan fingerprint density at radius 3 is 2.31 bits per heavy atom. The van der Waals surface area contributed by atoms with Crippen LogP contribution in [-0.4, -0.2) is 99.6 Å². The minimum absolute atomic E-state index is 0.0111. The van der Waals surface area contributed by atoms with Crippen LogP contribution in [0, 0.1) is 5.92 Å². The van der Waals surface area contributed by atoms with Gasteiger partial charge in [0.05, 0.1) is 46.3 Å². The molecular weight excluding hydrogens is 536 g/mol. The lowest BCUT2D eigenvalue weighted by atomic mass is 9.97. The zero-order valence-electron chi connectivity index (χ0n) is 24.9. The largest absolute Gasteiger partial charge is 0.497 e. The Balaban J connectivity index is 1.41. The van der Waals surface area contributed by atoms with E-state index in [1.807, 2.05) is 42.5 Å². The molecule has 2 amide bonds. The minimum atomic E-state index is -0.326. The SMILES string of the molecule is COc1ccc([C@@H]2CC(c3ccc(OC)cc3OC)=NN2C(=O)CN(CCN2CCOCC2)C(=O)C2CCCC2)cc1. The van der Waals surface area contributed by atoms with Crippen molar-refractivity contribution in [3.05, 3.63) is 53.6 Å². The fourth-order valence-electron chi connectivity index (χ4n) is 6.05. The van der Waals surface area contributed by atoms with Gasteiger partial charge in [-0.2, -0.15) is 5.10 Å². The Morgan fingerprint density at radius 1 is 0.952 bits per heavy atom. The number of morpholine rings is 1. The number of hydrogen-bond acceptors (Lipinski definition) is 8. The molecule has 42 heavy (non-hydrogen) atoms. The van der Waals surface area contributed by atoms with Crippen LogP contribution in [0.15, 0.2) is 47.6 Å². The molecule has 226 valence electrons. The number of ether oxygens (including phenoxy) is 4. The first kappa shape index (κ1) is 29.8. The second-order valence-electron chi connectivity index (χ2n) is 11.0. The number of amides is 2. The molecular formula is C32H42N4O6. The molecule has 1 saturated heterocycles. The van der Waals surface area contributed by atoms with Crippen molar-refractivity contribution >= 4 is 17.5 Å². The Hall–Kier alpha value is -3.63. The topological polar surface area (TPSA) is 93.1 Å². The van der Waals surface area contributed by atoms with Crippen LogP contribution < -0.4 is 14.2 Å². The Kier molecular flexibility index (Phi) is 9.97. The lowest BCUT2D eigenvalue weighted by Gasteiger charge is -2.32. The fourth-order valence-corrected chi connectivity index (χ4v) is 6.05. The molecule has 10 heteroatoms. The van der Waals surface area contributed by atoms with E-state index >= 15 is 0 Å². The first-order valence-corrected chi connectivity index (χ1v) is 14.9. The number of carbonyl (C=O) groups is 2. The zero-order chi connectivity index (χ0) is 29.5. The second kappa shape index (κ2) is 14.0. The van der Waals surface area contributed by atoms with Gasteiger partial charge in [-0.25, -0.2) is 5.01 Å². The maximum Gasteiger partial charge on any atom is 0.262 e. The Bertz CT molecular complexity index is 1250. The van der Waals surface area contributed by atoms with Crippen LogP contribution in [0.25, 0.3) is 0 Å². The van der Waals surface area contributed by atoms with E-state index in [-0.39, 0.29) is 30.3 Å². The van der Waals surface area contributed by atoms with E-state index < -0.39 is 0 Å². The third kappa shape index (κ3) is 6.87. The van der Waals surface area contributed by atoms with Gasteiger partial charge in [0.1, 0.15) is 23.8 Å². The van der Waals surface area contributed by atoms with Crippen molar-refractivity contribution in [2.75, 3.05) is 67.3 Å². The van der Waals surface area contributed by atoms with Gasteiger partial charge in [0.25, 0.3) is 5.91 Å². The summed E-state index contributed by atoms with van der Waals surface area (Å²) >= 11 is 0. The van der Waals surface area contributed by atoms with E-state index in [1.165, 1.54) is 0 Å². The summed E-state index contributed by atoms with van der Waals surface area (Å²) in [6, 6.07) is 13.0. The van der Waals surface area contributed by atoms with E-state index in [2.05, 4.69) is 4.90 Å². The number of benzene rings is 2. The number of rotatable bonds is 11. The van der Waals surface area contributed by atoms with Crippen LogP contribution in [0.3, 0.4) is 0 Å². The van der Waals surface area contributed by atoms with E-state index in [0.29, 0.717) is 44.2 Å². The van der Waals surface area contributed by atoms with E-state index in [0.717, 1.165) is 61.4 Å². The molecule has 1 saturated carbocycles. The average molecular weight is 579 g/mol. The van der Waals surface area contributed by atoms with Crippen LogP contribution in [0.4, 0.5) is 0 Å². The van der Waals surface area contributed by atoms with Crippen molar-refractivity contribution in [2.45, 2.75) is 38.1 Å². The van der Waals surface area contributed by atoms with Gasteiger partial charge in [-0.05, 0) is 42.7 Å². The van der Waals surface area contributed by atoms with Crippen molar-refractivity contribution < 1.29 is 28.5 Å². The first-order chi connectivity index (χ1) is 20.5. The van der Waals surface area contributed by atoms with Gasteiger partial charge < -0.3 is 23.8 Å². The summed E-state index contributed by atoms with van der Waals surface area (Å²) in [5.41, 5.74) is 2.49. The molecule has 0 bridgehead atoms. The molecule has 10 nitrogen and oxygen atoms in total. The van der Waals surface area contributed by atoms with E-state index in [9.17, 15) is 9.59 Å². The van der Waals surface area contributed by atoms with Crippen LogP contribution in [0.1, 0.15) is 49.3 Å². The molecule has 0 N–H and O–H groups in total. The molecule has 1 atom stereocenters. The molecule has 2 fully saturated rings. The number of carbonyl (C=O) groups excluding carboxylic acids is 2. The molecule has 5 rings (SSSR count). The summed E-state index contributed by atoms with van der Waals surface area (Å²) < 4.78 is 21.9. The van der Waals surface area contributed by atoms with Gasteiger partial charge in [-0.3, -0.25) is 14.5 Å². The molecule has 0 unspecified atom stereocenters. The summed E-state index contributed by atoms with van der Waals surface area (Å²) in [5.74, 6) is 1.90. The van der Waals surface area contributed by atoms with Gasteiger partial charge in [-0.15, -0.1) is 0 Å². The predicted molar refractivity (Wildman–Crippen MR) is 159 cm³/mol. The van der Waals surface area contributed by atoms with Crippen LogP contribution >= 0.6 is 0 Å². The smallest absolute Gasteiger partial charge is 0.262 e. The zero-order valence-corrected chi connectivity index (χ0v) is 24.9. The molecule has 2 aliphatic heterocycles. The predicted octanol–water partition coefficient (Wildman–Crippen LogP) is 3.74. The molecule has 3 aliphatic rings. The monoisotopic (exact) mass is 578 g/mol. The van der Waals surface area contributed by atoms with Crippen molar-refractivity contribution in [1.29, 1.82) is 0 Å². The highest BCUT2D eigenvalue weighted by atomic mass is 16.5. The highest BCUT2D eigenvalue weighted by Gasteiger charge is 2.36. The molecule has 2 aromatic carbocycles. The number of hydrazone groups is 1. The minimum Gasteiger partial charge on any atom is -0.497 e. The quantitative estimate of drug-likeness (QED) is 0.401. The van der Waals surface area contributed by atoms with Crippen molar-refractivity contribution in [3.63, 3.8) is 0 Å². The highest BCUT2D eigenvalue weighted by molar-refractivity contribution is 6.05. The summed E-state index contributed by atoms with van der Waals surface area (Å²) in [7, 11) is 4.85. The Morgan fingerprint density at radius 2 is 1.64 bits per heavy atom. The third-order valence-corrected chi connectivity index (χ3v) is 8.52. The number of methoxy groups -OCH3 is 3. The number of hydrogen-bond donors (Lipinski definition) is 0. The molecule has 0 spiro atoms. The van der Waals surface area contributed by atoms with Crippen molar-refractivity contribution in [3.8, 4) is 17.2 Å². The summed E-state index contributed by atoms with van der Waals surface area (Å²) in [6.07, 6.45) is 4.40. The maximum atomic E-state index is 14.1. The first-order valence-electron chi connectivity index (χ1n) is 14.9. The molecule has 2 heterocycles. The maximum absolute atomic E-state index is 14.1. The van der Waals surface area contributed by atoms with E-state index in [4.69, 9.17) is 24.0 Å². The Labute approximate surface area is 248 Å². The van der Waals surface area contributed by atoms with Gasteiger partial charge >= 0.3 is 0 Å². The molecule has 0 aromatic heterocycles. The molecule has 1 aliphatic carbocycles. The molecule has 2 aromatic rings. The number of nitrogens with zero attached hydrogens (tertiary/aromatic N) is 4. The van der Waals surface area contributed by atoms with Crippen LogP contribution in [-0.2, 0) is 14.3 Å². The summed E-state index contributed by atoms with van der Waals surface area (Å²) in [6.45, 7) is 4.27.